The van der Waals surface area contributed by atoms with Crippen molar-refractivity contribution in [1.29, 1.82) is 0 Å². The standard InChI is InChI=1S/C20H17ClF2N2O3/c1-3-12(19(24)27)15-9(2)25(20(28)10-4-6-11(21)7-5-10)14-8-13(22)18(26)17(23)16(14)15/h4-8,12,26H,3H2,1-2H3,(H2,24,27). The van der Waals surface area contributed by atoms with Crippen molar-refractivity contribution in [2.75, 3.05) is 0 Å². The van der Waals surface area contributed by atoms with Gasteiger partial charge in [0.15, 0.2) is 17.4 Å². The monoisotopic (exact) mass is 406 g/mol. The van der Waals surface area contributed by atoms with Crippen LogP contribution >= 0.6 is 11.6 Å². The van der Waals surface area contributed by atoms with Gasteiger partial charge in [-0.15, -0.1) is 0 Å². The molecule has 0 aliphatic rings. The summed E-state index contributed by atoms with van der Waals surface area (Å²) in [5, 5.41) is 9.95. The number of rotatable bonds is 4. The minimum Gasteiger partial charge on any atom is -0.503 e. The van der Waals surface area contributed by atoms with Crippen LogP contribution in [0.15, 0.2) is 30.3 Å². The Balaban J connectivity index is 2.40. The van der Waals surface area contributed by atoms with Gasteiger partial charge >= 0.3 is 0 Å². The van der Waals surface area contributed by atoms with Crippen LogP contribution < -0.4 is 5.73 Å². The third-order valence-corrected chi connectivity index (χ3v) is 5.06. The molecule has 0 bridgehead atoms. The second-order valence-electron chi connectivity index (χ2n) is 6.42. The molecule has 146 valence electrons. The summed E-state index contributed by atoms with van der Waals surface area (Å²) >= 11 is 5.85. The fourth-order valence-corrected chi connectivity index (χ4v) is 3.59. The van der Waals surface area contributed by atoms with Crippen LogP contribution in [0, 0.1) is 18.6 Å². The van der Waals surface area contributed by atoms with Crippen molar-refractivity contribution in [2.45, 2.75) is 26.2 Å². The van der Waals surface area contributed by atoms with Crippen LogP contribution in [0.3, 0.4) is 0 Å². The zero-order valence-corrected chi connectivity index (χ0v) is 15.8. The summed E-state index contributed by atoms with van der Waals surface area (Å²) in [6.45, 7) is 3.20. The highest BCUT2D eigenvalue weighted by Gasteiger charge is 2.31. The fraction of sp³-hybridized carbons (Fsp3) is 0.200. The van der Waals surface area contributed by atoms with Crippen molar-refractivity contribution >= 4 is 34.3 Å². The Morgan fingerprint density at radius 2 is 1.86 bits per heavy atom. The Morgan fingerprint density at radius 3 is 2.39 bits per heavy atom. The highest BCUT2D eigenvalue weighted by molar-refractivity contribution is 6.30. The highest BCUT2D eigenvalue weighted by atomic mass is 35.5. The smallest absolute Gasteiger partial charge is 0.262 e. The minimum atomic E-state index is -1.24. The van der Waals surface area contributed by atoms with Gasteiger partial charge in [0.2, 0.25) is 5.91 Å². The average Bonchev–Trinajstić information content (AvgIpc) is 2.92. The first-order chi connectivity index (χ1) is 13.2. The van der Waals surface area contributed by atoms with Crippen molar-refractivity contribution < 1.29 is 23.5 Å². The van der Waals surface area contributed by atoms with Gasteiger partial charge < -0.3 is 10.8 Å². The zero-order valence-electron chi connectivity index (χ0n) is 15.1. The normalized spacial score (nSPS) is 12.3. The van der Waals surface area contributed by atoms with Gasteiger partial charge in [-0.25, -0.2) is 8.78 Å². The number of carbonyl (C=O) groups is 2. The number of phenolic OH excluding ortho intramolecular Hbond substituents is 1. The van der Waals surface area contributed by atoms with Gasteiger partial charge in [0, 0.05) is 27.7 Å². The minimum absolute atomic E-state index is 0.0973. The van der Waals surface area contributed by atoms with Crippen LogP contribution in [0.1, 0.15) is 40.9 Å². The number of hydrogen-bond acceptors (Lipinski definition) is 3. The number of aromatic hydroxyl groups is 1. The summed E-state index contributed by atoms with van der Waals surface area (Å²) in [5.74, 6) is -5.83. The van der Waals surface area contributed by atoms with E-state index in [0.29, 0.717) is 5.02 Å². The van der Waals surface area contributed by atoms with Crippen molar-refractivity contribution in [3.63, 3.8) is 0 Å². The molecule has 1 atom stereocenters. The third-order valence-electron chi connectivity index (χ3n) is 4.80. The predicted octanol–water partition coefficient (Wildman–Crippen LogP) is 4.25. The molecule has 0 saturated carbocycles. The summed E-state index contributed by atoms with van der Waals surface area (Å²) in [6.07, 6.45) is 0.238. The Bertz CT molecular complexity index is 1110. The molecule has 1 aromatic heterocycles. The zero-order chi connectivity index (χ0) is 20.7. The average molecular weight is 407 g/mol. The van der Waals surface area contributed by atoms with E-state index < -0.39 is 35.1 Å². The van der Waals surface area contributed by atoms with Crippen molar-refractivity contribution in [3.05, 3.63) is 63.8 Å². The first-order valence-corrected chi connectivity index (χ1v) is 8.88. The van der Waals surface area contributed by atoms with E-state index in [4.69, 9.17) is 17.3 Å². The molecule has 0 fully saturated rings. The number of carbonyl (C=O) groups excluding carboxylic acids is 2. The van der Waals surface area contributed by atoms with E-state index in [-0.39, 0.29) is 34.1 Å². The van der Waals surface area contributed by atoms with Gasteiger partial charge in [-0.2, -0.15) is 0 Å². The fourth-order valence-electron chi connectivity index (χ4n) is 3.47. The highest BCUT2D eigenvalue weighted by Crippen LogP contribution is 2.39. The molecule has 2 aromatic carbocycles. The van der Waals surface area contributed by atoms with E-state index in [2.05, 4.69) is 0 Å². The molecular weight excluding hydrogens is 390 g/mol. The molecule has 0 spiro atoms. The number of halogens is 3. The largest absolute Gasteiger partial charge is 0.503 e. The molecular formula is C20H17ClF2N2O3. The molecule has 3 N–H and O–H groups in total. The van der Waals surface area contributed by atoms with E-state index in [1.807, 2.05) is 0 Å². The lowest BCUT2D eigenvalue weighted by atomic mass is 9.93. The van der Waals surface area contributed by atoms with Crippen LogP contribution in [0.4, 0.5) is 8.78 Å². The molecule has 1 heterocycles. The van der Waals surface area contributed by atoms with E-state index in [0.717, 1.165) is 10.6 Å². The molecule has 5 nitrogen and oxygen atoms in total. The summed E-state index contributed by atoms with van der Waals surface area (Å²) in [7, 11) is 0. The molecule has 0 aliphatic heterocycles. The lowest BCUT2D eigenvalue weighted by molar-refractivity contribution is -0.119. The SMILES string of the molecule is CCC(C(N)=O)c1c(C)n(C(=O)c2ccc(Cl)cc2)c2cc(F)c(O)c(F)c12. The van der Waals surface area contributed by atoms with E-state index in [1.54, 1.807) is 6.92 Å². The Morgan fingerprint density at radius 1 is 1.25 bits per heavy atom. The van der Waals surface area contributed by atoms with Crippen molar-refractivity contribution in [3.8, 4) is 5.75 Å². The summed E-state index contributed by atoms with van der Waals surface area (Å²) in [4.78, 5) is 25.0. The van der Waals surface area contributed by atoms with Gasteiger partial charge in [-0.05, 0) is 43.2 Å². The molecule has 0 aliphatic carbocycles. The van der Waals surface area contributed by atoms with Crippen LogP contribution in [0.5, 0.6) is 5.75 Å². The van der Waals surface area contributed by atoms with Crippen LogP contribution in [-0.2, 0) is 4.79 Å². The van der Waals surface area contributed by atoms with Crippen LogP contribution in [0.2, 0.25) is 5.02 Å². The van der Waals surface area contributed by atoms with Gasteiger partial charge in [0.05, 0.1) is 11.4 Å². The molecule has 3 rings (SSSR count). The predicted molar refractivity (Wildman–Crippen MR) is 102 cm³/mol. The second-order valence-corrected chi connectivity index (χ2v) is 6.86. The molecule has 0 radical (unpaired) electrons. The number of nitrogens with zero attached hydrogens (tertiary/aromatic N) is 1. The molecule has 28 heavy (non-hydrogen) atoms. The topological polar surface area (TPSA) is 85.3 Å². The van der Waals surface area contributed by atoms with Gasteiger partial charge in [0.25, 0.3) is 5.91 Å². The number of phenols is 1. The summed E-state index contributed by atoms with van der Waals surface area (Å²) in [5.41, 5.74) is 5.99. The molecule has 1 unspecified atom stereocenters. The van der Waals surface area contributed by atoms with E-state index >= 15 is 0 Å². The lowest BCUT2D eigenvalue weighted by Gasteiger charge is -2.13. The second kappa shape index (κ2) is 7.24. The third kappa shape index (κ3) is 3.01. The van der Waals surface area contributed by atoms with Crippen molar-refractivity contribution in [1.82, 2.24) is 4.57 Å². The number of amides is 1. The summed E-state index contributed by atoms with van der Waals surface area (Å²) in [6, 6.07) is 6.86. The summed E-state index contributed by atoms with van der Waals surface area (Å²) < 4.78 is 30.0. The first-order valence-electron chi connectivity index (χ1n) is 8.50. The number of fused-ring (bicyclic) bond motifs is 1. The quantitative estimate of drug-likeness (QED) is 0.679. The molecule has 0 saturated heterocycles. The maximum atomic E-state index is 14.8. The molecule has 1 amide bonds. The van der Waals surface area contributed by atoms with Gasteiger partial charge in [0.1, 0.15) is 0 Å². The van der Waals surface area contributed by atoms with Gasteiger partial charge in [-0.1, -0.05) is 18.5 Å². The number of benzene rings is 2. The Hall–Kier alpha value is -2.93. The first kappa shape index (κ1) is 19.8. The number of hydrogen-bond donors (Lipinski definition) is 2. The Labute approximate surface area is 164 Å². The maximum Gasteiger partial charge on any atom is 0.262 e. The van der Waals surface area contributed by atoms with Gasteiger partial charge in [-0.3, -0.25) is 14.2 Å². The number of nitrogens with two attached hydrogens (primary N) is 1. The van der Waals surface area contributed by atoms with Crippen LogP contribution in [0.25, 0.3) is 10.9 Å². The number of primary amides is 1. The Kier molecular flexibility index (Phi) is 5.12. The molecule has 3 aromatic rings. The van der Waals surface area contributed by atoms with Crippen molar-refractivity contribution in [2.24, 2.45) is 5.73 Å². The maximum absolute atomic E-state index is 14.8. The van der Waals surface area contributed by atoms with E-state index in [1.165, 1.54) is 31.2 Å². The van der Waals surface area contributed by atoms with E-state index in [9.17, 15) is 23.5 Å². The lowest BCUT2D eigenvalue weighted by Crippen LogP contribution is -2.22. The number of aromatic nitrogens is 1. The molecule has 8 heteroatoms. The van der Waals surface area contributed by atoms with Crippen LogP contribution in [-0.4, -0.2) is 21.5 Å².